The van der Waals surface area contributed by atoms with Crippen molar-refractivity contribution in [1.82, 2.24) is 0 Å². The van der Waals surface area contributed by atoms with E-state index >= 15 is 0 Å². The van der Waals surface area contributed by atoms with Crippen molar-refractivity contribution in [1.29, 1.82) is 0 Å². The molecule has 0 heterocycles. The van der Waals surface area contributed by atoms with E-state index in [1.807, 2.05) is 0 Å². The van der Waals surface area contributed by atoms with Gasteiger partial charge in [-0.2, -0.15) is 17.5 Å². The molecule has 0 atom stereocenters. The first-order valence-electron chi connectivity index (χ1n) is 3.07. The molecule has 2 rings (SSSR count). The fourth-order valence-electron chi connectivity index (χ4n) is 1.07. The molecule has 44 valence electrons. The number of hydrogen-bond acceptors (Lipinski definition) is 0. The fourth-order valence-corrected chi connectivity index (χ4v) is 1.07. The molecule has 1 heteroatoms. The summed E-state index contributed by atoms with van der Waals surface area (Å²) in [7, 11) is 0. The predicted molar refractivity (Wildman–Crippen MR) is 39.5 cm³/mol. The Kier molecular flexibility index (Phi) is 2.50. The first kappa shape index (κ1) is 7.80. The van der Waals surface area contributed by atoms with Crippen LogP contribution in [0.5, 0.6) is 0 Å². The van der Waals surface area contributed by atoms with Crippen LogP contribution in [-0.2, 0) is 25.8 Å². The largest absolute Gasteiger partial charge is 4.00 e. The van der Waals surface area contributed by atoms with Crippen LogP contribution in [0.2, 0.25) is 0 Å². The first-order valence-corrected chi connectivity index (χ1v) is 3.07. The molecule has 10 heavy (non-hydrogen) atoms. The van der Waals surface area contributed by atoms with Crippen LogP contribution in [0.3, 0.4) is 0 Å². The molecule has 0 aliphatic carbocycles. The van der Waals surface area contributed by atoms with Crippen LogP contribution in [0.1, 0.15) is 0 Å². The normalized spacial score (nSPS) is 9.20. The zero-order valence-electron chi connectivity index (χ0n) is 5.54. The van der Waals surface area contributed by atoms with E-state index in [-0.39, 0.29) is 25.8 Å². The average molecular weight is 294 g/mol. The van der Waals surface area contributed by atoms with Crippen LogP contribution < -0.4 is 0 Å². The molecular formula is C9H7Hf+3. The molecule has 0 aromatic heterocycles. The molecule has 0 aliphatic heterocycles. The zero-order chi connectivity index (χ0) is 6.10. The Morgan fingerprint density at radius 3 is 2.60 bits per heavy atom. The van der Waals surface area contributed by atoms with Crippen LogP contribution in [0, 0.1) is 0 Å². The predicted octanol–water partition coefficient (Wildman–Crippen LogP) is 2.56. The number of fused-ring (bicyclic) bond motifs is 1. The molecule has 0 fully saturated rings. The van der Waals surface area contributed by atoms with Crippen molar-refractivity contribution < 1.29 is 25.8 Å². The van der Waals surface area contributed by atoms with Crippen molar-refractivity contribution in [2.75, 3.05) is 0 Å². The molecule has 0 radical (unpaired) electrons. The third-order valence-corrected chi connectivity index (χ3v) is 1.55. The summed E-state index contributed by atoms with van der Waals surface area (Å²) >= 11 is 0. The Morgan fingerprint density at radius 1 is 1.00 bits per heavy atom. The Bertz CT molecular complexity index is 279. The SMILES string of the molecule is [Hf+4].c1ccc2[cH-]ccc2c1. The molecule has 2 aromatic rings. The van der Waals surface area contributed by atoms with Crippen LogP contribution in [-0.4, -0.2) is 0 Å². The molecule has 0 N–H and O–H groups in total. The van der Waals surface area contributed by atoms with E-state index in [0.717, 1.165) is 0 Å². The second-order valence-corrected chi connectivity index (χ2v) is 2.15. The van der Waals surface area contributed by atoms with Crippen molar-refractivity contribution in [3.05, 3.63) is 42.5 Å². The van der Waals surface area contributed by atoms with Crippen LogP contribution in [0.25, 0.3) is 10.8 Å². The summed E-state index contributed by atoms with van der Waals surface area (Å²) in [6.07, 6.45) is 0. The van der Waals surface area contributed by atoms with Crippen molar-refractivity contribution in [3.63, 3.8) is 0 Å². The summed E-state index contributed by atoms with van der Waals surface area (Å²) in [5, 5.41) is 2.66. The third kappa shape index (κ3) is 1.24. The minimum atomic E-state index is 0. The van der Waals surface area contributed by atoms with Gasteiger partial charge in [-0.05, 0) is 0 Å². The molecule has 2 aromatic carbocycles. The first-order chi connectivity index (χ1) is 4.47. The van der Waals surface area contributed by atoms with Crippen LogP contribution in [0.4, 0.5) is 0 Å². The van der Waals surface area contributed by atoms with E-state index in [1.165, 1.54) is 10.8 Å². The van der Waals surface area contributed by atoms with Gasteiger partial charge in [0.05, 0.1) is 0 Å². The minimum Gasteiger partial charge on any atom is -0.168 e. The summed E-state index contributed by atoms with van der Waals surface area (Å²) in [5.74, 6) is 0. The molecule has 0 aliphatic rings. The van der Waals surface area contributed by atoms with Gasteiger partial charge in [-0.15, -0.1) is 29.7 Å². The fraction of sp³-hybridized carbons (Fsp3) is 0. The van der Waals surface area contributed by atoms with E-state index in [0.29, 0.717) is 0 Å². The van der Waals surface area contributed by atoms with E-state index in [4.69, 9.17) is 0 Å². The Morgan fingerprint density at radius 2 is 1.80 bits per heavy atom. The number of benzene rings is 1. The van der Waals surface area contributed by atoms with Crippen molar-refractivity contribution in [2.24, 2.45) is 0 Å². The van der Waals surface area contributed by atoms with Gasteiger partial charge in [0.1, 0.15) is 0 Å². The molecule has 0 bridgehead atoms. The summed E-state index contributed by atoms with van der Waals surface area (Å²) < 4.78 is 0. The Labute approximate surface area is 79.0 Å². The van der Waals surface area contributed by atoms with Crippen molar-refractivity contribution >= 4 is 10.8 Å². The van der Waals surface area contributed by atoms with E-state index in [2.05, 4.69) is 42.5 Å². The Balaban J connectivity index is 0.000000500. The quantitative estimate of drug-likeness (QED) is 0.517. The molecule has 0 unspecified atom stereocenters. The van der Waals surface area contributed by atoms with Gasteiger partial charge in [0.25, 0.3) is 0 Å². The van der Waals surface area contributed by atoms with E-state index < -0.39 is 0 Å². The van der Waals surface area contributed by atoms with Crippen LogP contribution >= 0.6 is 0 Å². The molecule has 0 nitrogen and oxygen atoms in total. The van der Waals surface area contributed by atoms with Crippen LogP contribution in [0.15, 0.2) is 42.5 Å². The molecule has 0 saturated carbocycles. The van der Waals surface area contributed by atoms with Gasteiger partial charge in [0.15, 0.2) is 0 Å². The Hall–Kier alpha value is -0.300. The standard InChI is InChI=1S/C9H7.Hf/c1-2-5-9-7-3-6-8(9)4-1;/h1-7H;/q-1;+4. The van der Waals surface area contributed by atoms with Gasteiger partial charge in [-0.25, -0.2) is 0 Å². The number of rotatable bonds is 0. The smallest absolute Gasteiger partial charge is 0.168 e. The van der Waals surface area contributed by atoms with Gasteiger partial charge in [0.2, 0.25) is 0 Å². The monoisotopic (exact) mass is 295 g/mol. The van der Waals surface area contributed by atoms with Gasteiger partial charge < -0.3 is 0 Å². The van der Waals surface area contributed by atoms with Gasteiger partial charge in [0, 0.05) is 0 Å². The molecular weight excluding hydrogens is 287 g/mol. The molecule has 0 amide bonds. The van der Waals surface area contributed by atoms with Crippen molar-refractivity contribution in [2.45, 2.75) is 0 Å². The maximum absolute atomic E-state index is 2.12. The van der Waals surface area contributed by atoms with Crippen molar-refractivity contribution in [3.8, 4) is 0 Å². The molecule has 0 spiro atoms. The summed E-state index contributed by atoms with van der Waals surface area (Å²) in [6, 6.07) is 14.7. The van der Waals surface area contributed by atoms with E-state index in [1.54, 1.807) is 0 Å². The summed E-state index contributed by atoms with van der Waals surface area (Å²) in [6.45, 7) is 0. The maximum atomic E-state index is 2.12. The average Bonchev–Trinajstić information content (AvgIpc) is 2.33. The number of hydrogen-bond donors (Lipinski definition) is 0. The maximum Gasteiger partial charge on any atom is 4.00 e. The second kappa shape index (κ2) is 3.20. The topological polar surface area (TPSA) is 0 Å². The summed E-state index contributed by atoms with van der Waals surface area (Å²) in [4.78, 5) is 0. The minimum absolute atomic E-state index is 0. The van der Waals surface area contributed by atoms with Gasteiger partial charge >= 0.3 is 25.8 Å². The molecule has 0 saturated heterocycles. The summed E-state index contributed by atoms with van der Waals surface area (Å²) in [5.41, 5.74) is 0. The van der Waals surface area contributed by atoms with E-state index in [9.17, 15) is 0 Å². The van der Waals surface area contributed by atoms with Gasteiger partial charge in [-0.1, -0.05) is 6.07 Å². The zero-order valence-corrected chi connectivity index (χ0v) is 9.13. The third-order valence-electron chi connectivity index (χ3n) is 1.55. The van der Waals surface area contributed by atoms with Gasteiger partial charge in [-0.3, -0.25) is 0 Å². The second-order valence-electron chi connectivity index (χ2n) is 2.15.